The van der Waals surface area contributed by atoms with E-state index in [1.807, 2.05) is 31.2 Å². The van der Waals surface area contributed by atoms with Crippen molar-refractivity contribution in [2.24, 2.45) is 0 Å². The van der Waals surface area contributed by atoms with Gasteiger partial charge in [0.2, 0.25) is 5.88 Å². The SMILES string of the molecule is CCCCc1nn(-c2ccccc2C)c(O)c1C(C)(C)C. The van der Waals surface area contributed by atoms with Crippen LogP contribution in [-0.4, -0.2) is 14.9 Å². The first-order valence-corrected chi connectivity index (χ1v) is 7.73. The average molecular weight is 286 g/mol. The average Bonchev–Trinajstić information content (AvgIpc) is 2.73. The Morgan fingerprint density at radius 2 is 1.86 bits per heavy atom. The van der Waals surface area contributed by atoms with Crippen LogP contribution in [0.3, 0.4) is 0 Å². The molecule has 1 aromatic heterocycles. The van der Waals surface area contributed by atoms with Gasteiger partial charge in [-0.2, -0.15) is 5.10 Å². The number of aromatic hydroxyl groups is 1. The zero-order valence-electron chi connectivity index (χ0n) is 13.8. The van der Waals surface area contributed by atoms with Crippen molar-refractivity contribution in [2.75, 3.05) is 0 Å². The third kappa shape index (κ3) is 3.12. The minimum Gasteiger partial charge on any atom is -0.493 e. The lowest BCUT2D eigenvalue weighted by molar-refractivity contribution is 0.413. The molecule has 0 aliphatic rings. The van der Waals surface area contributed by atoms with E-state index < -0.39 is 0 Å². The molecule has 0 saturated heterocycles. The zero-order valence-corrected chi connectivity index (χ0v) is 13.8. The molecule has 0 radical (unpaired) electrons. The molecule has 0 atom stereocenters. The number of aryl methyl sites for hydroxylation is 2. The molecular weight excluding hydrogens is 260 g/mol. The Bertz CT molecular complexity index is 621. The van der Waals surface area contributed by atoms with Gasteiger partial charge >= 0.3 is 0 Å². The first-order chi connectivity index (χ1) is 9.86. The zero-order chi connectivity index (χ0) is 15.6. The lowest BCUT2D eigenvalue weighted by Crippen LogP contribution is -2.13. The van der Waals surface area contributed by atoms with Crippen LogP contribution in [0.1, 0.15) is 57.4 Å². The largest absolute Gasteiger partial charge is 0.493 e. The van der Waals surface area contributed by atoms with E-state index in [-0.39, 0.29) is 11.3 Å². The van der Waals surface area contributed by atoms with Gasteiger partial charge < -0.3 is 5.11 Å². The number of hydrogen-bond donors (Lipinski definition) is 1. The molecule has 0 fully saturated rings. The van der Waals surface area contributed by atoms with Crippen molar-refractivity contribution in [3.8, 4) is 11.6 Å². The minimum atomic E-state index is -0.117. The van der Waals surface area contributed by atoms with Crippen molar-refractivity contribution in [1.29, 1.82) is 0 Å². The molecule has 21 heavy (non-hydrogen) atoms. The molecular formula is C18H26N2O. The summed E-state index contributed by atoms with van der Waals surface area (Å²) in [6.07, 6.45) is 3.13. The van der Waals surface area contributed by atoms with Gasteiger partial charge in [-0.3, -0.25) is 0 Å². The molecule has 3 heteroatoms. The van der Waals surface area contributed by atoms with Gasteiger partial charge in [0.1, 0.15) is 0 Å². The second-order valence-corrected chi connectivity index (χ2v) is 6.70. The number of unbranched alkanes of at least 4 members (excludes halogenated alkanes) is 1. The van der Waals surface area contributed by atoms with Gasteiger partial charge in [0, 0.05) is 5.56 Å². The Kier molecular flexibility index (Phi) is 4.40. The maximum absolute atomic E-state index is 10.7. The van der Waals surface area contributed by atoms with Crippen molar-refractivity contribution in [3.05, 3.63) is 41.1 Å². The molecule has 0 aliphatic carbocycles. The molecule has 0 unspecified atom stereocenters. The van der Waals surface area contributed by atoms with Crippen LogP contribution in [0, 0.1) is 6.92 Å². The third-order valence-electron chi connectivity index (χ3n) is 3.79. The van der Waals surface area contributed by atoms with E-state index in [0.29, 0.717) is 0 Å². The predicted octanol–water partition coefficient (Wildman–Crippen LogP) is 4.53. The van der Waals surface area contributed by atoms with Crippen LogP contribution in [0.15, 0.2) is 24.3 Å². The second kappa shape index (κ2) is 5.92. The van der Waals surface area contributed by atoms with Crippen LogP contribution in [0.2, 0.25) is 0 Å². The van der Waals surface area contributed by atoms with Crippen molar-refractivity contribution >= 4 is 0 Å². The standard InChI is InChI=1S/C18H26N2O/c1-6-7-11-14-16(18(3,4)5)17(21)20(19-14)15-12-9-8-10-13(15)2/h8-10,12,21H,6-7,11H2,1-5H3. The summed E-state index contributed by atoms with van der Waals surface area (Å²) in [5.74, 6) is 0.280. The summed E-state index contributed by atoms with van der Waals surface area (Å²) < 4.78 is 1.70. The Morgan fingerprint density at radius 1 is 1.19 bits per heavy atom. The normalized spacial score (nSPS) is 11.9. The molecule has 0 spiro atoms. The second-order valence-electron chi connectivity index (χ2n) is 6.70. The van der Waals surface area contributed by atoms with Gasteiger partial charge in [-0.1, -0.05) is 52.3 Å². The summed E-state index contributed by atoms with van der Waals surface area (Å²) in [5.41, 5.74) is 3.93. The van der Waals surface area contributed by atoms with Gasteiger partial charge in [-0.05, 0) is 36.8 Å². The lowest BCUT2D eigenvalue weighted by Gasteiger charge is -2.19. The topological polar surface area (TPSA) is 38.0 Å². The van der Waals surface area contributed by atoms with E-state index in [0.717, 1.165) is 41.8 Å². The summed E-state index contributed by atoms with van der Waals surface area (Å²) in [7, 11) is 0. The van der Waals surface area contributed by atoms with Crippen molar-refractivity contribution in [2.45, 2.75) is 59.3 Å². The van der Waals surface area contributed by atoms with E-state index in [1.165, 1.54) is 0 Å². The number of para-hydroxylation sites is 1. The number of nitrogens with zero attached hydrogens (tertiary/aromatic N) is 2. The molecule has 0 aliphatic heterocycles. The molecule has 1 heterocycles. The molecule has 2 rings (SSSR count). The molecule has 0 bridgehead atoms. The van der Waals surface area contributed by atoms with Gasteiger partial charge in [-0.15, -0.1) is 0 Å². The van der Waals surface area contributed by atoms with E-state index in [9.17, 15) is 5.11 Å². The minimum absolute atomic E-state index is 0.117. The van der Waals surface area contributed by atoms with Gasteiger partial charge in [-0.25, -0.2) is 4.68 Å². The van der Waals surface area contributed by atoms with Crippen LogP contribution in [0.4, 0.5) is 0 Å². The Morgan fingerprint density at radius 3 is 2.43 bits per heavy atom. The molecule has 1 N–H and O–H groups in total. The van der Waals surface area contributed by atoms with Crippen LogP contribution in [-0.2, 0) is 11.8 Å². The van der Waals surface area contributed by atoms with Crippen LogP contribution < -0.4 is 0 Å². The summed E-state index contributed by atoms with van der Waals surface area (Å²) in [6, 6.07) is 8.02. The third-order valence-corrected chi connectivity index (χ3v) is 3.79. The van der Waals surface area contributed by atoms with E-state index in [4.69, 9.17) is 5.10 Å². The summed E-state index contributed by atoms with van der Waals surface area (Å²) in [6.45, 7) is 10.6. The van der Waals surface area contributed by atoms with Crippen LogP contribution >= 0.6 is 0 Å². The van der Waals surface area contributed by atoms with E-state index in [2.05, 4.69) is 27.7 Å². The molecule has 0 amide bonds. The fourth-order valence-corrected chi connectivity index (χ4v) is 2.71. The van der Waals surface area contributed by atoms with Crippen molar-refractivity contribution in [1.82, 2.24) is 9.78 Å². The monoisotopic (exact) mass is 286 g/mol. The fraction of sp³-hybridized carbons (Fsp3) is 0.500. The summed E-state index contributed by atoms with van der Waals surface area (Å²) >= 11 is 0. The Hall–Kier alpha value is -1.77. The van der Waals surface area contributed by atoms with Crippen molar-refractivity contribution in [3.63, 3.8) is 0 Å². The maximum atomic E-state index is 10.7. The van der Waals surface area contributed by atoms with Gasteiger partial charge in [0.25, 0.3) is 0 Å². The molecule has 2 aromatic rings. The highest BCUT2D eigenvalue weighted by molar-refractivity contribution is 5.47. The molecule has 0 saturated carbocycles. The highest BCUT2D eigenvalue weighted by Crippen LogP contribution is 2.36. The molecule has 1 aromatic carbocycles. The first-order valence-electron chi connectivity index (χ1n) is 7.73. The fourth-order valence-electron chi connectivity index (χ4n) is 2.71. The van der Waals surface area contributed by atoms with E-state index in [1.54, 1.807) is 4.68 Å². The first kappa shape index (κ1) is 15.6. The summed E-state index contributed by atoms with van der Waals surface area (Å²) in [5, 5.41) is 15.4. The van der Waals surface area contributed by atoms with Crippen LogP contribution in [0.5, 0.6) is 5.88 Å². The van der Waals surface area contributed by atoms with Crippen LogP contribution in [0.25, 0.3) is 5.69 Å². The predicted molar refractivity (Wildman–Crippen MR) is 87.3 cm³/mol. The lowest BCUT2D eigenvalue weighted by atomic mass is 9.86. The Balaban J connectivity index is 2.59. The van der Waals surface area contributed by atoms with E-state index >= 15 is 0 Å². The Labute approximate surface area is 127 Å². The maximum Gasteiger partial charge on any atom is 0.218 e. The number of benzene rings is 1. The summed E-state index contributed by atoms with van der Waals surface area (Å²) in [4.78, 5) is 0. The number of rotatable bonds is 4. The highest BCUT2D eigenvalue weighted by atomic mass is 16.3. The molecule has 114 valence electrons. The number of hydrogen-bond acceptors (Lipinski definition) is 2. The van der Waals surface area contributed by atoms with Crippen molar-refractivity contribution < 1.29 is 5.11 Å². The highest BCUT2D eigenvalue weighted by Gasteiger charge is 2.28. The quantitative estimate of drug-likeness (QED) is 0.897. The van der Waals surface area contributed by atoms with Gasteiger partial charge in [0.05, 0.1) is 11.4 Å². The molecule has 3 nitrogen and oxygen atoms in total. The number of aromatic nitrogens is 2. The van der Waals surface area contributed by atoms with Gasteiger partial charge in [0.15, 0.2) is 0 Å². The smallest absolute Gasteiger partial charge is 0.218 e.